The zero-order valence-electron chi connectivity index (χ0n) is 18.7. The Kier molecular flexibility index (Phi) is 7.74. The van der Waals surface area contributed by atoms with Crippen LogP contribution in [0.1, 0.15) is 5.56 Å². The predicted molar refractivity (Wildman–Crippen MR) is 134 cm³/mol. The highest BCUT2D eigenvalue weighted by Gasteiger charge is 2.19. The molecule has 0 atom stereocenters. The molecule has 2 heterocycles. The van der Waals surface area contributed by atoms with E-state index in [2.05, 4.69) is 33.3 Å². The largest absolute Gasteiger partial charge is 0.378 e. The third-order valence-electron chi connectivity index (χ3n) is 5.16. The summed E-state index contributed by atoms with van der Waals surface area (Å²) < 4.78 is 19.1. The highest BCUT2D eigenvalue weighted by molar-refractivity contribution is 6.31. The van der Waals surface area contributed by atoms with Gasteiger partial charge in [0.1, 0.15) is 11.6 Å². The summed E-state index contributed by atoms with van der Waals surface area (Å²) >= 11 is 5.92. The van der Waals surface area contributed by atoms with Crippen molar-refractivity contribution in [1.82, 2.24) is 15.4 Å². The van der Waals surface area contributed by atoms with E-state index in [0.29, 0.717) is 43.6 Å². The number of morpholine rings is 1. The Labute approximate surface area is 202 Å². The zero-order valence-corrected chi connectivity index (χ0v) is 19.5. The number of hydrogen-bond donors (Lipinski definition) is 2. The van der Waals surface area contributed by atoms with Gasteiger partial charge in [0, 0.05) is 30.5 Å². The number of ether oxygens (including phenoxy) is 1. The highest BCUT2D eigenvalue weighted by Crippen LogP contribution is 2.32. The molecule has 2 aromatic carbocycles. The summed E-state index contributed by atoms with van der Waals surface area (Å²) in [6.45, 7) is 6.55. The minimum absolute atomic E-state index is 0.0308. The molecule has 0 saturated carbocycles. The van der Waals surface area contributed by atoms with E-state index in [9.17, 15) is 4.39 Å². The van der Waals surface area contributed by atoms with Crippen LogP contribution in [0.15, 0.2) is 67.0 Å². The number of aromatic nitrogens is 2. The van der Waals surface area contributed by atoms with Crippen molar-refractivity contribution in [3.05, 3.63) is 83.4 Å². The lowest BCUT2D eigenvalue weighted by Crippen LogP contribution is -2.37. The van der Waals surface area contributed by atoms with Gasteiger partial charge in [-0.1, -0.05) is 42.5 Å². The van der Waals surface area contributed by atoms with Crippen molar-refractivity contribution in [3.63, 3.8) is 0 Å². The van der Waals surface area contributed by atoms with Gasteiger partial charge >= 0.3 is 0 Å². The lowest BCUT2D eigenvalue weighted by Gasteiger charge is -2.29. The van der Waals surface area contributed by atoms with E-state index in [1.165, 1.54) is 19.2 Å². The van der Waals surface area contributed by atoms with Gasteiger partial charge in [0.05, 0.1) is 31.0 Å². The van der Waals surface area contributed by atoms with Gasteiger partial charge in [0.15, 0.2) is 0 Å². The summed E-state index contributed by atoms with van der Waals surface area (Å²) in [5.74, 6) is 0.708. The lowest BCUT2D eigenvalue weighted by molar-refractivity contribution is 0.121. The second-order valence-electron chi connectivity index (χ2n) is 7.57. The Balaban J connectivity index is 1.67. The van der Waals surface area contributed by atoms with Crippen molar-refractivity contribution in [1.29, 1.82) is 0 Å². The molecular weight excluding hydrogens is 457 g/mol. The molecule has 0 unspecified atom stereocenters. The van der Waals surface area contributed by atoms with Gasteiger partial charge in [-0.3, -0.25) is 10.3 Å². The van der Waals surface area contributed by atoms with Crippen LogP contribution in [-0.4, -0.2) is 43.4 Å². The second-order valence-corrected chi connectivity index (χ2v) is 7.98. The molecule has 1 aliphatic heterocycles. The van der Waals surface area contributed by atoms with E-state index in [4.69, 9.17) is 26.2 Å². The van der Waals surface area contributed by atoms with E-state index in [1.807, 2.05) is 30.4 Å². The van der Waals surface area contributed by atoms with Crippen LogP contribution in [0.4, 0.5) is 21.8 Å². The Bertz CT molecular complexity index is 1200. The van der Waals surface area contributed by atoms with Gasteiger partial charge in [-0.15, -0.1) is 0 Å². The third kappa shape index (κ3) is 5.91. The number of nitrogens with one attached hydrogen (secondary N) is 2. The molecule has 0 amide bonds. The van der Waals surface area contributed by atoms with Crippen LogP contribution in [0.3, 0.4) is 0 Å². The van der Waals surface area contributed by atoms with Crippen molar-refractivity contribution < 1.29 is 14.0 Å². The quantitative estimate of drug-likeness (QED) is 0.338. The number of rotatable bonds is 8. The molecule has 7 nitrogen and oxygen atoms in total. The van der Waals surface area contributed by atoms with Gasteiger partial charge in [-0.2, -0.15) is 4.98 Å². The normalized spacial score (nSPS) is 13.8. The molecule has 0 bridgehead atoms. The van der Waals surface area contributed by atoms with Crippen LogP contribution in [0.25, 0.3) is 17.2 Å². The van der Waals surface area contributed by atoms with Crippen molar-refractivity contribution in [2.24, 2.45) is 0 Å². The van der Waals surface area contributed by atoms with Crippen LogP contribution >= 0.6 is 11.6 Å². The maximum Gasteiger partial charge on any atom is 0.229 e. The standard InChI is InChI=1S/C25H25ClFN5O2/c1-17(31-33-2)6-7-18-4-3-5-19(14-18)21-16-28-25(29-20-8-9-23(27)22(26)15-20)30-24(21)32-10-12-34-13-11-32/h3-9,14-16,31H,1,10-13H2,2H3,(H,28,29,30). The molecule has 9 heteroatoms. The number of hydroxylamine groups is 1. The van der Waals surface area contributed by atoms with Crippen LogP contribution in [0.2, 0.25) is 5.02 Å². The number of nitrogens with zero attached hydrogens (tertiary/aromatic N) is 3. The molecule has 1 fully saturated rings. The van der Waals surface area contributed by atoms with Gasteiger partial charge in [0.25, 0.3) is 0 Å². The first-order chi connectivity index (χ1) is 16.5. The van der Waals surface area contributed by atoms with E-state index in [-0.39, 0.29) is 5.02 Å². The van der Waals surface area contributed by atoms with Crippen molar-refractivity contribution >= 4 is 35.1 Å². The molecule has 0 radical (unpaired) electrons. The van der Waals surface area contributed by atoms with Crippen LogP contribution in [0, 0.1) is 5.82 Å². The van der Waals surface area contributed by atoms with Crippen LogP contribution in [-0.2, 0) is 9.57 Å². The van der Waals surface area contributed by atoms with Gasteiger partial charge < -0.3 is 15.0 Å². The summed E-state index contributed by atoms with van der Waals surface area (Å²) in [5, 5.41) is 3.15. The molecule has 4 rings (SSSR count). The number of halogens is 2. The van der Waals surface area contributed by atoms with Gasteiger partial charge in [-0.05, 0) is 41.5 Å². The fourth-order valence-electron chi connectivity index (χ4n) is 3.53. The second kappa shape index (κ2) is 11.1. The first kappa shape index (κ1) is 23.7. The SMILES string of the molecule is C=C(C=Cc1cccc(-c2cnc(Nc3ccc(F)c(Cl)c3)nc2N2CCOCC2)c1)NOC. The van der Waals surface area contributed by atoms with Crippen molar-refractivity contribution in [3.8, 4) is 11.1 Å². The molecule has 176 valence electrons. The van der Waals surface area contributed by atoms with Gasteiger partial charge in [-0.25, -0.2) is 9.37 Å². The Morgan fingerprint density at radius 2 is 2.06 bits per heavy atom. The lowest BCUT2D eigenvalue weighted by atomic mass is 10.0. The summed E-state index contributed by atoms with van der Waals surface area (Å²) in [6.07, 6.45) is 5.57. The van der Waals surface area contributed by atoms with E-state index < -0.39 is 5.82 Å². The third-order valence-corrected chi connectivity index (χ3v) is 5.45. The number of hydrogen-bond acceptors (Lipinski definition) is 7. The summed E-state index contributed by atoms with van der Waals surface area (Å²) in [5.41, 5.74) is 6.80. The molecular formula is C25H25ClFN5O2. The minimum Gasteiger partial charge on any atom is -0.378 e. The molecule has 34 heavy (non-hydrogen) atoms. The zero-order chi connectivity index (χ0) is 23.9. The molecule has 1 aliphatic rings. The maximum absolute atomic E-state index is 13.5. The summed E-state index contributed by atoms with van der Waals surface area (Å²) in [4.78, 5) is 16.4. The summed E-state index contributed by atoms with van der Waals surface area (Å²) in [6, 6.07) is 12.5. The van der Waals surface area contributed by atoms with Crippen molar-refractivity contribution in [2.45, 2.75) is 0 Å². The monoisotopic (exact) mass is 481 g/mol. The predicted octanol–water partition coefficient (Wildman–Crippen LogP) is 5.19. The van der Waals surface area contributed by atoms with E-state index in [1.54, 1.807) is 12.3 Å². The molecule has 1 aromatic heterocycles. The summed E-state index contributed by atoms with van der Waals surface area (Å²) in [7, 11) is 1.54. The Morgan fingerprint density at radius 3 is 2.82 bits per heavy atom. The molecule has 2 N–H and O–H groups in total. The smallest absolute Gasteiger partial charge is 0.229 e. The van der Waals surface area contributed by atoms with Gasteiger partial charge in [0.2, 0.25) is 5.95 Å². The minimum atomic E-state index is -0.479. The Morgan fingerprint density at radius 1 is 1.24 bits per heavy atom. The number of allylic oxidation sites excluding steroid dienone is 1. The van der Waals surface area contributed by atoms with E-state index in [0.717, 1.165) is 22.5 Å². The van der Waals surface area contributed by atoms with Crippen LogP contribution < -0.4 is 15.7 Å². The van der Waals surface area contributed by atoms with Crippen molar-refractivity contribution in [2.75, 3.05) is 43.6 Å². The average molecular weight is 482 g/mol. The molecule has 1 saturated heterocycles. The van der Waals surface area contributed by atoms with E-state index >= 15 is 0 Å². The fourth-order valence-corrected chi connectivity index (χ4v) is 3.71. The number of benzene rings is 2. The van der Waals surface area contributed by atoms with Crippen LogP contribution in [0.5, 0.6) is 0 Å². The average Bonchev–Trinajstić information content (AvgIpc) is 2.86. The highest BCUT2D eigenvalue weighted by atomic mass is 35.5. The molecule has 3 aromatic rings. The molecule has 0 aliphatic carbocycles. The maximum atomic E-state index is 13.5. The number of anilines is 3. The molecule has 0 spiro atoms. The Hall–Kier alpha value is -3.46. The first-order valence-electron chi connectivity index (χ1n) is 10.7. The fraction of sp³-hybridized carbons (Fsp3) is 0.200. The first-order valence-corrected chi connectivity index (χ1v) is 11.1. The topological polar surface area (TPSA) is 71.5 Å².